The van der Waals surface area contributed by atoms with Crippen molar-refractivity contribution in [1.82, 2.24) is 4.90 Å². The molecule has 2 N–H and O–H groups in total. The molecule has 1 unspecified atom stereocenters. The summed E-state index contributed by atoms with van der Waals surface area (Å²) in [5, 5.41) is 0. The van der Waals surface area contributed by atoms with E-state index in [0.717, 1.165) is 25.8 Å². The van der Waals surface area contributed by atoms with Gasteiger partial charge in [0.1, 0.15) is 6.04 Å². The molecular weight excluding hydrogens is 180 g/mol. The molecule has 0 fully saturated rings. The molecule has 0 aliphatic rings. The van der Waals surface area contributed by atoms with E-state index >= 15 is 0 Å². The molecule has 0 aromatic heterocycles. The van der Waals surface area contributed by atoms with Crippen LogP contribution >= 0.6 is 0 Å². The first-order valence-electron chi connectivity index (χ1n) is 5.13. The molecule has 0 aliphatic carbocycles. The molecule has 0 bridgehead atoms. The van der Waals surface area contributed by atoms with Crippen LogP contribution in [0.1, 0.15) is 26.2 Å². The monoisotopic (exact) mass is 202 g/mol. The molecule has 0 heterocycles. The van der Waals surface area contributed by atoms with Crippen LogP contribution in [0.4, 0.5) is 0 Å². The predicted molar refractivity (Wildman–Crippen MR) is 57.0 cm³/mol. The highest BCUT2D eigenvalue weighted by Crippen LogP contribution is 1.98. The van der Waals surface area contributed by atoms with Crippen molar-refractivity contribution in [3.8, 4) is 0 Å². The summed E-state index contributed by atoms with van der Waals surface area (Å²) < 4.78 is 4.83. The van der Waals surface area contributed by atoms with Crippen LogP contribution in [0.25, 0.3) is 0 Å². The zero-order valence-corrected chi connectivity index (χ0v) is 9.45. The maximum Gasteiger partial charge on any atom is 0.241 e. The Balaban J connectivity index is 3.74. The molecule has 0 aromatic rings. The number of likely N-dealkylation sites (N-methyl/N-ethyl adjacent to an activating group) is 1. The van der Waals surface area contributed by atoms with Crippen LogP contribution in [0.5, 0.6) is 0 Å². The van der Waals surface area contributed by atoms with Gasteiger partial charge in [-0.25, -0.2) is 0 Å². The van der Waals surface area contributed by atoms with Gasteiger partial charge < -0.3 is 15.4 Å². The Morgan fingerprint density at radius 2 is 2.14 bits per heavy atom. The number of hydrogen-bond acceptors (Lipinski definition) is 3. The van der Waals surface area contributed by atoms with Gasteiger partial charge >= 0.3 is 0 Å². The van der Waals surface area contributed by atoms with Gasteiger partial charge in [-0.2, -0.15) is 0 Å². The first-order valence-corrected chi connectivity index (χ1v) is 5.13. The van der Waals surface area contributed by atoms with Crippen molar-refractivity contribution in [1.29, 1.82) is 0 Å². The molecule has 0 aromatic carbocycles. The summed E-state index contributed by atoms with van der Waals surface area (Å²) in [4.78, 5) is 13.2. The van der Waals surface area contributed by atoms with Crippen molar-refractivity contribution in [2.45, 2.75) is 32.2 Å². The quantitative estimate of drug-likeness (QED) is 0.615. The third-order valence-electron chi connectivity index (χ3n) is 2.14. The topological polar surface area (TPSA) is 55.6 Å². The van der Waals surface area contributed by atoms with E-state index in [4.69, 9.17) is 10.5 Å². The third kappa shape index (κ3) is 5.19. The maximum atomic E-state index is 11.5. The van der Waals surface area contributed by atoms with E-state index in [1.54, 1.807) is 19.1 Å². The molecule has 0 radical (unpaired) electrons. The van der Waals surface area contributed by atoms with Crippen LogP contribution in [0.2, 0.25) is 0 Å². The number of methoxy groups -OCH3 is 1. The number of amides is 1. The van der Waals surface area contributed by atoms with Crippen LogP contribution in [0.3, 0.4) is 0 Å². The van der Waals surface area contributed by atoms with Crippen molar-refractivity contribution in [3.05, 3.63) is 0 Å². The minimum absolute atomic E-state index is 0.0389. The van der Waals surface area contributed by atoms with Crippen LogP contribution in [0, 0.1) is 0 Å². The lowest BCUT2D eigenvalue weighted by Crippen LogP contribution is -2.44. The highest BCUT2D eigenvalue weighted by Gasteiger charge is 2.16. The summed E-state index contributed by atoms with van der Waals surface area (Å²) in [5.41, 5.74) is 5.62. The van der Waals surface area contributed by atoms with Crippen molar-refractivity contribution >= 4 is 5.91 Å². The second-order valence-electron chi connectivity index (χ2n) is 3.53. The average molecular weight is 202 g/mol. The van der Waals surface area contributed by atoms with Gasteiger partial charge in [-0.05, 0) is 6.42 Å². The van der Waals surface area contributed by atoms with E-state index in [1.807, 2.05) is 0 Å². The van der Waals surface area contributed by atoms with Gasteiger partial charge in [0.2, 0.25) is 5.91 Å². The van der Waals surface area contributed by atoms with Crippen LogP contribution in [-0.4, -0.2) is 44.2 Å². The molecule has 0 saturated carbocycles. The number of nitrogens with two attached hydrogens (primary N) is 1. The summed E-state index contributed by atoms with van der Waals surface area (Å²) in [6, 6.07) is -0.522. The Morgan fingerprint density at radius 3 is 2.64 bits per heavy atom. The van der Waals surface area contributed by atoms with Crippen molar-refractivity contribution in [3.63, 3.8) is 0 Å². The zero-order chi connectivity index (χ0) is 11.0. The van der Waals surface area contributed by atoms with E-state index in [-0.39, 0.29) is 12.5 Å². The SMILES string of the molecule is CCCCCN(C)C(=O)C(N)COC. The Bertz CT molecular complexity index is 162. The van der Waals surface area contributed by atoms with Gasteiger partial charge in [0, 0.05) is 20.7 Å². The fraction of sp³-hybridized carbons (Fsp3) is 0.900. The number of carbonyl (C=O) groups excluding carboxylic acids is 1. The Morgan fingerprint density at radius 1 is 1.50 bits per heavy atom. The largest absolute Gasteiger partial charge is 0.383 e. The minimum atomic E-state index is -0.522. The third-order valence-corrected chi connectivity index (χ3v) is 2.14. The van der Waals surface area contributed by atoms with Gasteiger partial charge in [-0.15, -0.1) is 0 Å². The average Bonchev–Trinajstić information content (AvgIpc) is 2.17. The van der Waals surface area contributed by atoms with Crippen molar-refractivity contribution < 1.29 is 9.53 Å². The van der Waals surface area contributed by atoms with E-state index in [1.165, 1.54) is 0 Å². The molecule has 14 heavy (non-hydrogen) atoms. The van der Waals surface area contributed by atoms with Gasteiger partial charge in [-0.3, -0.25) is 4.79 Å². The van der Waals surface area contributed by atoms with Crippen molar-refractivity contribution in [2.24, 2.45) is 5.73 Å². The first-order chi connectivity index (χ1) is 6.63. The molecule has 0 saturated heterocycles. The van der Waals surface area contributed by atoms with E-state index in [9.17, 15) is 4.79 Å². The van der Waals surface area contributed by atoms with Gasteiger partial charge in [0.05, 0.1) is 6.61 Å². The molecule has 4 heteroatoms. The lowest BCUT2D eigenvalue weighted by molar-refractivity contribution is -0.132. The molecule has 0 rings (SSSR count). The van der Waals surface area contributed by atoms with E-state index in [2.05, 4.69) is 6.92 Å². The van der Waals surface area contributed by atoms with Crippen LogP contribution in [-0.2, 0) is 9.53 Å². The lowest BCUT2D eigenvalue weighted by Gasteiger charge is -2.20. The first kappa shape index (κ1) is 13.4. The second kappa shape index (κ2) is 7.76. The molecule has 0 aliphatic heterocycles. The second-order valence-corrected chi connectivity index (χ2v) is 3.53. The number of ether oxygens (including phenoxy) is 1. The molecule has 1 amide bonds. The number of rotatable bonds is 7. The van der Waals surface area contributed by atoms with Gasteiger partial charge in [0.25, 0.3) is 0 Å². The Kier molecular flexibility index (Phi) is 7.42. The van der Waals surface area contributed by atoms with E-state index < -0.39 is 6.04 Å². The Hall–Kier alpha value is -0.610. The minimum Gasteiger partial charge on any atom is -0.383 e. The molecule has 1 atom stereocenters. The molecule has 84 valence electrons. The zero-order valence-electron chi connectivity index (χ0n) is 9.45. The predicted octanol–water partition coefficient (Wildman–Crippen LogP) is 0.609. The number of unbranched alkanes of at least 4 members (excludes halogenated alkanes) is 2. The normalized spacial score (nSPS) is 12.6. The lowest BCUT2D eigenvalue weighted by atomic mass is 10.2. The van der Waals surface area contributed by atoms with Gasteiger partial charge in [0.15, 0.2) is 0 Å². The summed E-state index contributed by atoms with van der Waals surface area (Å²) >= 11 is 0. The van der Waals surface area contributed by atoms with Gasteiger partial charge in [-0.1, -0.05) is 19.8 Å². The standard InChI is InChI=1S/C10H22N2O2/c1-4-5-6-7-12(2)10(13)9(11)8-14-3/h9H,4-8,11H2,1-3H3. The number of nitrogens with zero attached hydrogens (tertiary/aromatic N) is 1. The van der Waals surface area contributed by atoms with Crippen molar-refractivity contribution in [2.75, 3.05) is 27.3 Å². The summed E-state index contributed by atoms with van der Waals surface area (Å²) in [6.45, 7) is 3.21. The maximum absolute atomic E-state index is 11.5. The summed E-state index contributed by atoms with van der Waals surface area (Å²) in [5.74, 6) is -0.0389. The highest BCUT2D eigenvalue weighted by molar-refractivity contribution is 5.81. The number of carbonyl (C=O) groups is 1. The summed E-state index contributed by atoms with van der Waals surface area (Å²) in [7, 11) is 3.33. The highest BCUT2D eigenvalue weighted by atomic mass is 16.5. The van der Waals surface area contributed by atoms with Crippen LogP contribution < -0.4 is 5.73 Å². The Labute approximate surface area is 86.4 Å². The fourth-order valence-electron chi connectivity index (χ4n) is 1.24. The molecular formula is C10H22N2O2. The van der Waals surface area contributed by atoms with E-state index in [0.29, 0.717) is 0 Å². The molecule has 4 nitrogen and oxygen atoms in total. The molecule has 0 spiro atoms. The fourth-order valence-corrected chi connectivity index (χ4v) is 1.24. The number of hydrogen-bond donors (Lipinski definition) is 1. The smallest absolute Gasteiger partial charge is 0.241 e. The van der Waals surface area contributed by atoms with Crippen LogP contribution in [0.15, 0.2) is 0 Å². The summed E-state index contributed by atoms with van der Waals surface area (Å²) in [6.07, 6.45) is 3.35.